The number of carbonyl (C=O) groups is 1. The van der Waals surface area contributed by atoms with E-state index in [9.17, 15) is 9.90 Å². The van der Waals surface area contributed by atoms with Gasteiger partial charge in [0.05, 0.1) is 17.0 Å². The number of fused-ring (bicyclic) bond motifs is 1. The molecule has 0 saturated heterocycles. The van der Waals surface area contributed by atoms with Gasteiger partial charge >= 0.3 is 5.97 Å². The number of nitrogens with zero attached hydrogens (tertiary/aromatic N) is 3. The zero-order valence-electron chi connectivity index (χ0n) is 13.7. The van der Waals surface area contributed by atoms with Gasteiger partial charge in [-0.25, -0.2) is 4.79 Å². The van der Waals surface area contributed by atoms with Crippen LogP contribution in [0.15, 0.2) is 10.6 Å². The minimum Gasteiger partial charge on any atom is -0.478 e. The number of aromatic carboxylic acids is 1. The molecule has 1 aliphatic heterocycles. The van der Waals surface area contributed by atoms with Crippen LogP contribution in [-0.4, -0.2) is 39.2 Å². The quantitative estimate of drug-likeness (QED) is 0.936. The Labute approximate surface area is 135 Å². The first-order valence-corrected chi connectivity index (χ1v) is 7.82. The van der Waals surface area contributed by atoms with Gasteiger partial charge < -0.3 is 9.63 Å². The second-order valence-corrected chi connectivity index (χ2v) is 6.11. The van der Waals surface area contributed by atoms with Gasteiger partial charge in [0.15, 0.2) is 0 Å². The average Bonchev–Trinajstić information content (AvgIpc) is 2.71. The van der Waals surface area contributed by atoms with Crippen molar-refractivity contribution in [1.82, 2.24) is 15.0 Å². The molecular formula is C17H21N3O3. The van der Waals surface area contributed by atoms with Gasteiger partial charge in [-0.2, -0.15) is 0 Å². The number of carboxylic acid groups (broad SMARTS) is 1. The Bertz CT molecular complexity index is 732. The summed E-state index contributed by atoms with van der Waals surface area (Å²) in [5.41, 5.74) is 5.05. The van der Waals surface area contributed by atoms with Crippen LogP contribution in [0.4, 0.5) is 0 Å². The van der Waals surface area contributed by atoms with Crippen LogP contribution in [0, 0.1) is 20.8 Å². The summed E-state index contributed by atoms with van der Waals surface area (Å²) in [7, 11) is 0. The molecule has 0 spiro atoms. The van der Waals surface area contributed by atoms with Crippen LogP contribution in [-0.2, 0) is 19.4 Å². The fourth-order valence-corrected chi connectivity index (χ4v) is 3.11. The van der Waals surface area contributed by atoms with Gasteiger partial charge in [0.1, 0.15) is 5.76 Å². The highest BCUT2D eigenvalue weighted by atomic mass is 16.5. The molecule has 0 fully saturated rings. The van der Waals surface area contributed by atoms with Gasteiger partial charge in [0, 0.05) is 37.3 Å². The second-order valence-electron chi connectivity index (χ2n) is 6.11. The fourth-order valence-electron chi connectivity index (χ4n) is 3.11. The van der Waals surface area contributed by atoms with Gasteiger partial charge in [-0.1, -0.05) is 5.16 Å². The molecule has 1 N–H and O–H groups in total. The maximum absolute atomic E-state index is 11.3. The lowest BCUT2D eigenvalue weighted by Crippen LogP contribution is -2.26. The predicted octanol–water partition coefficient (Wildman–Crippen LogP) is 2.29. The molecule has 0 atom stereocenters. The van der Waals surface area contributed by atoms with Crippen molar-refractivity contribution in [1.29, 1.82) is 0 Å². The third kappa shape index (κ3) is 3.12. The first kappa shape index (κ1) is 15.7. The van der Waals surface area contributed by atoms with Crippen molar-refractivity contribution in [3.63, 3.8) is 0 Å². The van der Waals surface area contributed by atoms with Crippen molar-refractivity contribution in [3.05, 3.63) is 45.6 Å². The van der Waals surface area contributed by atoms with Crippen LogP contribution in [0.3, 0.4) is 0 Å². The van der Waals surface area contributed by atoms with E-state index in [1.165, 1.54) is 0 Å². The molecule has 0 unspecified atom stereocenters. The van der Waals surface area contributed by atoms with E-state index in [4.69, 9.17) is 4.52 Å². The highest BCUT2D eigenvalue weighted by Crippen LogP contribution is 2.21. The third-order valence-electron chi connectivity index (χ3n) is 4.54. The summed E-state index contributed by atoms with van der Waals surface area (Å²) in [6.45, 7) is 8.24. The zero-order valence-corrected chi connectivity index (χ0v) is 13.7. The highest BCUT2D eigenvalue weighted by Gasteiger charge is 2.20. The standard InChI is InChI=1S/C17H21N3O3/c1-10-14(17(21)22)8-13-4-6-20(7-5-16(13)18-10)9-15-11(2)19-23-12(15)3/h8H,4-7,9H2,1-3H3,(H,21,22). The average molecular weight is 315 g/mol. The first-order valence-electron chi connectivity index (χ1n) is 7.82. The van der Waals surface area contributed by atoms with E-state index < -0.39 is 5.97 Å². The molecule has 6 heteroatoms. The summed E-state index contributed by atoms with van der Waals surface area (Å²) in [6, 6.07) is 1.79. The molecule has 2 aromatic heterocycles. The number of hydrogen-bond donors (Lipinski definition) is 1. The van der Waals surface area contributed by atoms with Crippen molar-refractivity contribution < 1.29 is 14.4 Å². The predicted molar refractivity (Wildman–Crippen MR) is 84.6 cm³/mol. The van der Waals surface area contributed by atoms with Crippen LogP contribution in [0.2, 0.25) is 0 Å². The topological polar surface area (TPSA) is 79.5 Å². The summed E-state index contributed by atoms with van der Waals surface area (Å²) in [6.07, 6.45) is 1.64. The van der Waals surface area contributed by atoms with E-state index in [1.807, 2.05) is 13.8 Å². The monoisotopic (exact) mass is 315 g/mol. The third-order valence-corrected chi connectivity index (χ3v) is 4.54. The number of pyridine rings is 1. The summed E-state index contributed by atoms with van der Waals surface area (Å²) in [4.78, 5) is 18.2. The van der Waals surface area contributed by atoms with Gasteiger partial charge in [0.25, 0.3) is 0 Å². The molecule has 2 aromatic rings. The van der Waals surface area contributed by atoms with Crippen molar-refractivity contribution in [2.45, 2.75) is 40.2 Å². The summed E-state index contributed by atoms with van der Waals surface area (Å²) in [5.74, 6) is -0.0407. The lowest BCUT2D eigenvalue weighted by Gasteiger charge is -2.19. The van der Waals surface area contributed by atoms with E-state index in [2.05, 4.69) is 15.0 Å². The van der Waals surface area contributed by atoms with Gasteiger partial charge in [-0.3, -0.25) is 9.88 Å². The molecule has 3 heterocycles. The highest BCUT2D eigenvalue weighted by molar-refractivity contribution is 5.89. The number of aromatic nitrogens is 2. The molecule has 0 radical (unpaired) electrons. The van der Waals surface area contributed by atoms with E-state index in [0.29, 0.717) is 11.3 Å². The lowest BCUT2D eigenvalue weighted by atomic mass is 10.0. The van der Waals surface area contributed by atoms with Crippen molar-refractivity contribution in [3.8, 4) is 0 Å². The molecule has 0 amide bonds. The van der Waals surface area contributed by atoms with E-state index in [-0.39, 0.29) is 0 Å². The van der Waals surface area contributed by atoms with Crippen molar-refractivity contribution >= 4 is 5.97 Å². The molecule has 3 rings (SSSR count). The molecule has 122 valence electrons. The number of hydrogen-bond acceptors (Lipinski definition) is 5. The fraction of sp³-hybridized carbons (Fsp3) is 0.471. The van der Waals surface area contributed by atoms with Crippen LogP contribution in [0.5, 0.6) is 0 Å². The molecule has 23 heavy (non-hydrogen) atoms. The normalized spacial score (nSPS) is 15.3. The van der Waals surface area contributed by atoms with Gasteiger partial charge in [0.2, 0.25) is 0 Å². The SMILES string of the molecule is Cc1nc2c(cc1C(=O)O)CCN(Cc1c(C)noc1C)CC2. The molecule has 0 bridgehead atoms. The Hall–Kier alpha value is -2.21. The minimum absolute atomic E-state index is 0.308. The molecule has 6 nitrogen and oxygen atoms in total. The minimum atomic E-state index is -0.908. The Morgan fingerprint density at radius 3 is 2.65 bits per heavy atom. The smallest absolute Gasteiger partial charge is 0.337 e. The van der Waals surface area contributed by atoms with E-state index in [1.54, 1.807) is 13.0 Å². The van der Waals surface area contributed by atoms with Crippen LogP contribution < -0.4 is 0 Å². The Morgan fingerprint density at radius 1 is 1.26 bits per heavy atom. The summed E-state index contributed by atoms with van der Waals surface area (Å²) < 4.78 is 5.23. The Balaban J connectivity index is 1.79. The van der Waals surface area contributed by atoms with Gasteiger partial charge in [-0.15, -0.1) is 0 Å². The maximum Gasteiger partial charge on any atom is 0.337 e. The molecule has 0 aromatic carbocycles. The number of carboxylic acids is 1. The second kappa shape index (κ2) is 6.12. The lowest BCUT2D eigenvalue weighted by molar-refractivity contribution is 0.0695. The zero-order chi connectivity index (χ0) is 16.6. The summed E-state index contributed by atoms with van der Waals surface area (Å²) in [5, 5.41) is 13.3. The number of aryl methyl sites for hydroxylation is 3. The van der Waals surface area contributed by atoms with Crippen LogP contribution >= 0.6 is 0 Å². The molecule has 1 aliphatic rings. The van der Waals surface area contributed by atoms with Crippen LogP contribution in [0.1, 0.15) is 44.3 Å². The maximum atomic E-state index is 11.3. The summed E-state index contributed by atoms with van der Waals surface area (Å²) >= 11 is 0. The van der Waals surface area contributed by atoms with E-state index >= 15 is 0 Å². The molecule has 0 saturated carbocycles. The van der Waals surface area contributed by atoms with Gasteiger partial charge in [-0.05, 0) is 38.8 Å². The number of rotatable bonds is 3. The molecular weight excluding hydrogens is 294 g/mol. The van der Waals surface area contributed by atoms with Crippen LogP contribution in [0.25, 0.3) is 0 Å². The van der Waals surface area contributed by atoms with Crippen molar-refractivity contribution in [2.75, 3.05) is 13.1 Å². The Morgan fingerprint density at radius 2 is 2.00 bits per heavy atom. The largest absolute Gasteiger partial charge is 0.478 e. The van der Waals surface area contributed by atoms with E-state index in [0.717, 1.165) is 60.8 Å². The van der Waals surface area contributed by atoms with Crippen molar-refractivity contribution in [2.24, 2.45) is 0 Å². The Kier molecular flexibility index (Phi) is 4.17. The first-order chi connectivity index (χ1) is 11.0. The molecule has 0 aliphatic carbocycles.